The summed E-state index contributed by atoms with van der Waals surface area (Å²) in [6.07, 6.45) is 2.42. The first-order chi connectivity index (χ1) is 14.6. The number of anilines is 2. The monoisotopic (exact) mass is 429 g/mol. The van der Waals surface area contributed by atoms with E-state index in [-0.39, 0.29) is 12.5 Å². The lowest BCUT2D eigenvalue weighted by Gasteiger charge is -2.35. The predicted octanol–water partition coefficient (Wildman–Crippen LogP) is 3.09. The fraction of sp³-hybridized carbons (Fsp3) is 0.500. The lowest BCUT2D eigenvalue weighted by atomic mass is 9.99. The summed E-state index contributed by atoms with van der Waals surface area (Å²) >= 11 is 5.87. The lowest BCUT2D eigenvalue weighted by molar-refractivity contribution is -0.133. The fourth-order valence-corrected chi connectivity index (χ4v) is 3.97. The number of carbonyl (C=O) groups is 1. The van der Waals surface area contributed by atoms with E-state index in [0.717, 1.165) is 43.7 Å². The molecule has 4 rings (SSSR count). The van der Waals surface area contributed by atoms with Gasteiger partial charge in [-0.1, -0.05) is 18.5 Å². The first-order valence-electron chi connectivity index (χ1n) is 10.6. The molecular weight excluding hydrogens is 402 g/mol. The van der Waals surface area contributed by atoms with E-state index in [9.17, 15) is 4.79 Å². The number of ether oxygens (including phenoxy) is 1. The number of hydrogen-bond acceptors (Lipinski definition) is 6. The molecule has 160 valence electrons. The van der Waals surface area contributed by atoms with Gasteiger partial charge in [-0.25, -0.2) is 0 Å². The van der Waals surface area contributed by atoms with Crippen molar-refractivity contribution < 1.29 is 9.53 Å². The molecule has 7 nitrogen and oxygen atoms in total. The zero-order valence-corrected chi connectivity index (χ0v) is 18.1. The first kappa shape index (κ1) is 20.7. The van der Waals surface area contributed by atoms with Crippen LogP contribution in [-0.4, -0.2) is 66.9 Å². The SMILES string of the molecule is CC1CCN(c2ccc(N3CCN(C(=O)COc4ccc(Cl)cc4)CC3)nn2)CC1. The van der Waals surface area contributed by atoms with Crippen LogP contribution in [0.4, 0.5) is 11.6 Å². The predicted molar refractivity (Wildman–Crippen MR) is 118 cm³/mol. The number of amides is 1. The minimum absolute atomic E-state index is 0.00893. The summed E-state index contributed by atoms with van der Waals surface area (Å²) in [6, 6.07) is 11.1. The largest absolute Gasteiger partial charge is 0.484 e. The number of carbonyl (C=O) groups excluding carboxylic acids is 1. The Labute approximate surface area is 182 Å². The molecule has 8 heteroatoms. The highest BCUT2D eigenvalue weighted by molar-refractivity contribution is 6.30. The van der Waals surface area contributed by atoms with Gasteiger partial charge in [-0.3, -0.25) is 4.79 Å². The van der Waals surface area contributed by atoms with Crippen LogP contribution in [0.15, 0.2) is 36.4 Å². The van der Waals surface area contributed by atoms with Crippen LogP contribution < -0.4 is 14.5 Å². The number of piperazine rings is 1. The van der Waals surface area contributed by atoms with Crippen molar-refractivity contribution in [3.05, 3.63) is 41.4 Å². The zero-order chi connectivity index (χ0) is 20.9. The minimum atomic E-state index is -0.00893. The van der Waals surface area contributed by atoms with E-state index < -0.39 is 0 Å². The normalized spacial score (nSPS) is 17.9. The van der Waals surface area contributed by atoms with Crippen LogP contribution in [0.3, 0.4) is 0 Å². The molecule has 3 heterocycles. The number of halogens is 1. The molecule has 0 bridgehead atoms. The third-order valence-electron chi connectivity index (χ3n) is 5.88. The summed E-state index contributed by atoms with van der Waals surface area (Å²) in [5.74, 6) is 3.26. The smallest absolute Gasteiger partial charge is 0.260 e. The molecule has 0 aliphatic carbocycles. The molecule has 2 aliphatic rings. The highest BCUT2D eigenvalue weighted by Crippen LogP contribution is 2.22. The summed E-state index contributed by atoms with van der Waals surface area (Å²) in [5.41, 5.74) is 0. The van der Waals surface area contributed by atoms with Crippen molar-refractivity contribution in [3.63, 3.8) is 0 Å². The maximum absolute atomic E-state index is 12.4. The van der Waals surface area contributed by atoms with E-state index >= 15 is 0 Å². The van der Waals surface area contributed by atoms with Gasteiger partial charge < -0.3 is 19.4 Å². The van der Waals surface area contributed by atoms with E-state index in [2.05, 4.69) is 33.0 Å². The average molecular weight is 430 g/mol. The molecule has 1 amide bonds. The second-order valence-corrected chi connectivity index (χ2v) is 8.47. The van der Waals surface area contributed by atoms with Crippen LogP contribution in [0.5, 0.6) is 5.75 Å². The third-order valence-corrected chi connectivity index (χ3v) is 6.13. The molecule has 2 aromatic rings. The maximum Gasteiger partial charge on any atom is 0.260 e. The van der Waals surface area contributed by atoms with Gasteiger partial charge in [-0.05, 0) is 55.2 Å². The van der Waals surface area contributed by atoms with Gasteiger partial charge in [0.15, 0.2) is 18.2 Å². The summed E-state index contributed by atoms with van der Waals surface area (Å²) < 4.78 is 5.57. The van der Waals surface area contributed by atoms with Crippen LogP contribution >= 0.6 is 11.6 Å². The zero-order valence-electron chi connectivity index (χ0n) is 17.3. The van der Waals surface area contributed by atoms with Crippen LogP contribution in [0, 0.1) is 5.92 Å². The number of hydrogen-bond donors (Lipinski definition) is 0. The third kappa shape index (κ3) is 5.14. The van der Waals surface area contributed by atoms with Crippen molar-refractivity contribution in [2.24, 2.45) is 5.92 Å². The Bertz CT molecular complexity index is 830. The van der Waals surface area contributed by atoms with Crippen molar-refractivity contribution >= 4 is 29.1 Å². The van der Waals surface area contributed by atoms with E-state index in [1.165, 1.54) is 12.8 Å². The number of nitrogens with zero attached hydrogens (tertiary/aromatic N) is 5. The van der Waals surface area contributed by atoms with Crippen LogP contribution in [0.25, 0.3) is 0 Å². The van der Waals surface area contributed by atoms with E-state index in [1.54, 1.807) is 24.3 Å². The summed E-state index contributed by atoms with van der Waals surface area (Å²) in [7, 11) is 0. The second kappa shape index (κ2) is 9.51. The Balaban J connectivity index is 1.24. The lowest BCUT2D eigenvalue weighted by Crippen LogP contribution is -2.50. The molecule has 0 N–H and O–H groups in total. The van der Waals surface area contributed by atoms with Gasteiger partial charge in [0.25, 0.3) is 5.91 Å². The molecule has 0 atom stereocenters. The van der Waals surface area contributed by atoms with Crippen molar-refractivity contribution in [2.45, 2.75) is 19.8 Å². The Morgan fingerprint density at radius 2 is 1.50 bits per heavy atom. The number of rotatable bonds is 5. The molecule has 0 spiro atoms. The first-order valence-corrected chi connectivity index (χ1v) is 11.0. The summed E-state index contributed by atoms with van der Waals surface area (Å²) in [6.45, 7) is 7.21. The van der Waals surface area contributed by atoms with Crippen molar-refractivity contribution in [2.75, 3.05) is 55.7 Å². The van der Waals surface area contributed by atoms with E-state index in [1.807, 2.05) is 11.0 Å². The Kier molecular flexibility index (Phi) is 6.57. The van der Waals surface area contributed by atoms with Crippen molar-refractivity contribution in [1.29, 1.82) is 0 Å². The van der Waals surface area contributed by atoms with Gasteiger partial charge in [0, 0.05) is 44.3 Å². The molecule has 0 saturated carbocycles. The van der Waals surface area contributed by atoms with E-state index in [4.69, 9.17) is 16.3 Å². The molecule has 0 unspecified atom stereocenters. The Morgan fingerprint density at radius 3 is 2.07 bits per heavy atom. The average Bonchev–Trinajstić information content (AvgIpc) is 2.79. The van der Waals surface area contributed by atoms with Gasteiger partial charge in [-0.15, -0.1) is 10.2 Å². The molecule has 2 fully saturated rings. The van der Waals surface area contributed by atoms with Crippen molar-refractivity contribution in [3.8, 4) is 5.75 Å². The maximum atomic E-state index is 12.4. The van der Waals surface area contributed by atoms with Gasteiger partial charge in [0.2, 0.25) is 0 Å². The van der Waals surface area contributed by atoms with E-state index in [0.29, 0.717) is 23.9 Å². The molecule has 30 heavy (non-hydrogen) atoms. The van der Waals surface area contributed by atoms with Gasteiger partial charge in [0.05, 0.1) is 0 Å². The number of piperidine rings is 1. The summed E-state index contributed by atoms with van der Waals surface area (Å²) in [5, 5.41) is 9.54. The van der Waals surface area contributed by atoms with Crippen molar-refractivity contribution in [1.82, 2.24) is 15.1 Å². The van der Waals surface area contributed by atoms with Crippen LogP contribution in [-0.2, 0) is 4.79 Å². The topological polar surface area (TPSA) is 61.8 Å². The highest BCUT2D eigenvalue weighted by atomic mass is 35.5. The molecule has 1 aromatic heterocycles. The standard InChI is InChI=1S/C22H28ClN5O2/c1-17-8-10-26(11-9-17)20-6-7-21(25-24-20)27-12-14-28(15-13-27)22(29)16-30-19-4-2-18(23)3-5-19/h2-7,17H,8-16H2,1H3. The van der Waals surface area contributed by atoms with Crippen LogP contribution in [0.1, 0.15) is 19.8 Å². The van der Waals surface area contributed by atoms with Crippen LogP contribution in [0.2, 0.25) is 5.02 Å². The quantitative estimate of drug-likeness (QED) is 0.727. The number of aromatic nitrogens is 2. The molecule has 2 saturated heterocycles. The Hall–Kier alpha value is -2.54. The molecule has 0 radical (unpaired) electrons. The molecule has 2 aliphatic heterocycles. The van der Waals surface area contributed by atoms with Gasteiger partial charge in [-0.2, -0.15) is 0 Å². The van der Waals surface area contributed by atoms with Gasteiger partial charge >= 0.3 is 0 Å². The minimum Gasteiger partial charge on any atom is -0.484 e. The second-order valence-electron chi connectivity index (χ2n) is 8.03. The summed E-state index contributed by atoms with van der Waals surface area (Å²) in [4.78, 5) is 18.8. The fourth-order valence-electron chi connectivity index (χ4n) is 3.85. The Morgan fingerprint density at radius 1 is 0.933 bits per heavy atom. The molecular formula is C22H28ClN5O2. The highest BCUT2D eigenvalue weighted by Gasteiger charge is 2.23. The number of benzene rings is 1. The molecule has 1 aromatic carbocycles. The van der Waals surface area contributed by atoms with Gasteiger partial charge in [0.1, 0.15) is 5.75 Å².